The lowest BCUT2D eigenvalue weighted by atomic mass is 10.3. The first-order valence-electron chi connectivity index (χ1n) is 4.48. The average molecular weight is 221 g/mol. The number of nitrogens with zero attached hydrogens (tertiary/aromatic N) is 2. The van der Waals surface area contributed by atoms with E-state index in [1.165, 1.54) is 0 Å². The van der Waals surface area contributed by atoms with Gasteiger partial charge in [0, 0.05) is 6.20 Å². The molecule has 0 aliphatic heterocycles. The molecule has 0 radical (unpaired) electrons. The molecule has 2 aromatic heterocycles. The number of carbonyl (C=O) groups is 1. The van der Waals surface area contributed by atoms with Gasteiger partial charge in [-0.2, -0.15) is 0 Å². The van der Waals surface area contributed by atoms with Gasteiger partial charge in [0.15, 0.2) is 5.15 Å². The Morgan fingerprint density at radius 2 is 2.33 bits per heavy atom. The standard InChI is InChI=1S/C11H9ClN2O/c1-8(7-15)6-9-11(12)13-10-4-2-3-5-14(9)10/h2-7H,1H3/b8-6-. The van der Waals surface area contributed by atoms with Crippen LogP contribution < -0.4 is 0 Å². The average Bonchev–Trinajstić information content (AvgIpc) is 2.55. The Morgan fingerprint density at radius 1 is 1.53 bits per heavy atom. The van der Waals surface area contributed by atoms with Crippen LogP contribution in [0.25, 0.3) is 11.7 Å². The topological polar surface area (TPSA) is 34.4 Å². The van der Waals surface area contributed by atoms with Crippen LogP contribution in [0.5, 0.6) is 0 Å². The van der Waals surface area contributed by atoms with Crippen LogP contribution in [0.15, 0.2) is 30.0 Å². The van der Waals surface area contributed by atoms with E-state index < -0.39 is 0 Å². The van der Waals surface area contributed by atoms with E-state index in [9.17, 15) is 4.79 Å². The number of hydrogen-bond donors (Lipinski definition) is 0. The molecule has 2 aromatic rings. The van der Waals surface area contributed by atoms with E-state index in [1.54, 1.807) is 13.0 Å². The van der Waals surface area contributed by atoms with Gasteiger partial charge in [0.2, 0.25) is 0 Å². The Kier molecular flexibility index (Phi) is 2.56. The summed E-state index contributed by atoms with van der Waals surface area (Å²) < 4.78 is 1.84. The third-order valence-corrected chi connectivity index (χ3v) is 2.35. The van der Waals surface area contributed by atoms with Gasteiger partial charge >= 0.3 is 0 Å². The molecule has 0 saturated heterocycles. The number of rotatable bonds is 2. The minimum Gasteiger partial charge on any atom is -0.299 e. The van der Waals surface area contributed by atoms with Gasteiger partial charge in [0.1, 0.15) is 11.9 Å². The van der Waals surface area contributed by atoms with Crippen LogP contribution in [0, 0.1) is 0 Å². The Labute approximate surface area is 92.0 Å². The highest BCUT2D eigenvalue weighted by Gasteiger charge is 2.06. The molecule has 0 amide bonds. The van der Waals surface area contributed by atoms with Crippen LogP contribution in [-0.4, -0.2) is 15.7 Å². The number of aromatic nitrogens is 2. The molecule has 2 heterocycles. The first-order valence-corrected chi connectivity index (χ1v) is 4.86. The maximum Gasteiger partial charge on any atom is 0.155 e. The fourth-order valence-corrected chi connectivity index (χ4v) is 1.60. The molecule has 3 nitrogen and oxygen atoms in total. The molecule has 0 bridgehead atoms. The molecule has 0 fully saturated rings. The zero-order chi connectivity index (χ0) is 10.8. The molecule has 2 rings (SSSR count). The lowest BCUT2D eigenvalue weighted by molar-refractivity contribution is -0.104. The van der Waals surface area contributed by atoms with Crippen molar-refractivity contribution in [3.05, 3.63) is 40.8 Å². The molecule has 0 spiro atoms. The lowest BCUT2D eigenvalue weighted by Crippen LogP contribution is -1.87. The van der Waals surface area contributed by atoms with Crippen molar-refractivity contribution in [2.75, 3.05) is 0 Å². The van der Waals surface area contributed by atoms with Crippen molar-refractivity contribution < 1.29 is 4.79 Å². The summed E-state index contributed by atoms with van der Waals surface area (Å²) in [5.41, 5.74) is 2.12. The van der Waals surface area contributed by atoms with Gasteiger partial charge in [-0.1, -0.05) is 17.7 Å². The van der Waals surface area contributed by atoms with Crippen molar-refractivity contribution in [2.24, 2.45) is 0 Å². The fourth-order valence-electron chi connectivity index (χ4n) is 1.36. The van der Waals surface area contributed by atoms with Crippen LogP contribution in [-0.2, 0) is 4.79 Å². The van der Waals surface area contributed by atoms with Crippen molar-refractivity contribution in [3.8, 4) is 0 Å². The summed E-state index contributed by atoms with van der Waals surface area (Å²) >= 11 is 5.98. The molecule has 0 N–H and O–H groups in total. The van der Waals surface area contributed by atoms with Gasteiger partial charge in [0.25, 0.3) is 0 Å². The largest absolute Gasteiger partial charge is 0.299 e. The van der Waals surface area contributed by atoms with Crippen molar-refractivity contribution in [1.29, 1.82) is 0 Å². The summed E-state index contributed by atoms with van der Waals surface area (Å²) in [6.45, 7) is 1.73. The van der Waals surface area contributed by atoms with Crippen molar-refractivity contribution in [3.63, 3.8) is 0 Å². The van der Waals surface area contributed by atoms with E-state index in [2.05, 4.69) is 4.98 Å². The summed E-state index contributed by atoms with van der Waals surface area (Å²) in [6.07, 6.45) is 4.37. The minimum absolute atomic E-state index is 0.405. The van der Waals surface area contributed by atoms with Crippen LogP contribution in [0.1, 0.15) is 12.6 Å². The van der Waals surface area contributed by atoms with E-state index in [4.69, 9.17) is 11.6 Å². The predicted octanol–water partition coefficient (Wildman–Crippen LogP) is 2.59. The number of allylic oxidation sites excluding steroid dienone is 1. The van der Waals surface area contributed by atoms with E-state index in [-0.39, 0.29) is 0 Å². The first-order chi connectivity index (χ1) is 7.22. The number of aldehydes is 1. The molecule has 0 aromatic carbocycles. The van der Waals surface area contributed by atoms with Crippen molar-refractivity contribution in [1.82, 2.24) is 9.38 Å². The maximum atomic E-state index is 10.5. The SMILES string of the molecule is C/C(C=O)=C/c1c(Cl)nc2ccccn12. The Balaban J connectivity index is 2.69. The number of fused-ring (bicyclic) bond motifs is 1. The first kappa shape index (κ1) is 9.93. The second-order valence-electron chi connectivity index (χ2n) is 3.22. The molecule has 15 heavy (non-hydrogen) atoms. The molecule has 0 atom stereocenters. The van der Waals surface area contributed by atoms with E-state index in [0.717, 1.165) is 17.6 Å². The monoisotopic (exact) mass is 220 g/mol. The molecule has 76 valence electrons. The van der Waals surface area contributed by atoms with Gasteiger partial charge in [-0.3, -0.25) is 9.20 Å². The summed E-state index contributed by atoms with van der Waals surface area (Å²) in [6, 6.07) is 5.64. The van der Waals surface area contributed by atoms with Crippen LogP contribution >= 0.6 is 11.6 Å². The second kappa shape index (κ2) is 3.87. The molecule has 0 unspecified atom stereocenters. The Morgan fingerprint density at radius 3 is 3.07 bits per heavy atom. The van der Waals surface area contributed by atoms with Gasteiger partial charge < -0.3 is 0 Å². The van der Waals surface area contributed by atoms with Gasteiger partial charge in [-0.25, -0.2) is 4.98 Å². The summed E-state index contributed by atoms with van der Waals surface area (Å²) in [5, 5.41) is 0.405. The van der Waals surface area contributed by atoms with Gasteiger partial charge in [-0.05, 0) is 30.7 Å². The minimum atomic E-state index is 0.405. The van der Waals surface area contributed by atoms with E-state index >= 15 is 0 Å². The normalized spacial score (nSPS) is 12.0. The van der Waals surface area contributed by atoms with E-state index in [1.807, 2.05) is 28.8 Å². The smallest absolute Gasteiger partial charge is 0.155 e. The highest BCUT2D eigenvalue weighted by molar-refractivity contribution is 6.31. The number of halogens is 1. The zero-order valence-electron chi connectivity index (χ0n) is 8.14. The molecule has 0 aliphatic rings. The van der Waals surface area contributed by atoms with Gasteiger partial charge in [-0.15, -0.1) is 0 Å². The predicted molar refractivity (Wildman–Crippen MR) is 59.9 cm³/mol. The second-order valence-corrected chi connectivity index (χ2v) is 3.58. The van der Waals surface area contributed by atoms with E-state index in [0.29, 0.717) is 10.7 Å². The summed E-state index contributed by atoms with van der Waals surface area (Å²) in [7, 11) is 0. The molecule has 4 heteroatoms. The zero-order valence-corrected chi connectivity index (χ0v) is 8.90. The maximum absolute atomic E-state index is 10.5. The quantitative estimate of drug-likeness (QED) is 0.576. The molecular formula is C11H9ClN2O. The number of imidazole rings is 1. The third kappa shape index (κ3) is 1.78. The number of carbonyl (C=O) groups excluding carboxylic acids is 1. The Hall–Kier alpha value is -1.61. The Bertz CT molecular complexity index is 543. The van der Waals surface area contributed by atoms with Crippen LogP contribution in [0.3, 0.4) is 0 Å². The third-order valence-electron chi connectivity index (χ3n) is 2.07. The fraction of sp³-hybridized carbons (Fsp3) is 0.0909. The van der Waals surface area contributed by atoms with Crippen LogP contribution in [0.4, 0.5) is 0 Å². The molecule has 0 saturated carbocycles. The number of pyridine rings is 1. The highest BCUT2D eigenvalue weighted by Crippen LogP contribution is 2.19. The lowest BCUT2D eigenvalue weighted by Gasteiger charge is -1.96. The summed E-state index contributed by atoms with van der Waals surface area (Å²) in [4.78, 5) is 14.7. The van der Waals surface area contributed by atoms with Crippen molar-refractivity contribution in [2.45, 2.75) is 6.92 Å². The molecule has 0 aliphatic carbocycles. The number of hydrogen-bond acceptors (Lipinski definition) is 2. The highest BCUT2D eigenvalue weighted by atomic mass is 35.5. The van der Waals surface area contributed by atoms with Gasteiger partial charge in [0.05, 0.1) is 5.69 Å². The van der Waals surface area contributed by atoms with Crippen LogP contribution in [0.2, 0.25) is 5.15 Å². The summed E-state index contributed by atoms with van der Waals surface area (Å²) in [5.74, 6) is 0. The molecular weight excluding hydrogens is 212 g/mol. The van der Waals surface area contributed by atoms with Crippen molar-refractivity contribution >= 4 is 29.6 Å².